The van der Waals surface area contributed by atoms with Gasteiger partial charge >= 0.3 is 0 Å². The maximum Gasteiger partial charge on any atom is 0.271 e. The first-order valence-corrected chi connectivity index (χ1v) is 6.59. The molecule has 0 aromatic heterocycles. The van der Waals surface area contributed by atoms with Crippen molar-refractivity contribution in [2.45, 2.75) is 0 Å². The Kier molecular flexibility index (Phi) is 4.36. The number of non-ortho nitro benzene ring substituents is 1. The Morgan fingerprint density at radius 3 is 2.70 bits per heavy atom. The van der Waals surface area contributed by atoms with Crippen LogP contribution in [0.1, 0.15) is 5.56 Å². The number of nitro groups is 1. The molecule has 7 heteroatoms. The normalized spacial score (nSPS) is 10.9. The van der Waals surface area contributed by atoms with Crippen LogP contribution in [0.4, 0.5) is 11.4 Å². The molecule has 0 aliphatic rings. The van der Waals surface area contributed by atoms with E-state index in [1.807, 2.05) is 0 Å². The van der Waals surface area contributed by atoms with Gasteiger partial charge in [0.05, 0.1) is 10.6 Å². The zero-order valence-corrected chi connectivity index (χ0v) is 12.3. The molecule has 0 saturated carbocycles. The first-order chi connectivity index (χ1) is 9.47. The molecular formula is C13H7BrClN2O3-. The predicted molar refractivity (Wildman–Crippen MR) is 78.9 cm³/mol. The third kappa shape index (κ3) is 3.34. The van der Waals surface area contributed by atoms with Gasteiger partial charge in [-0.1, -0.05) is 39.3 Å². The minimum atomic E-state index is -0.569. The molecule has 5 nitrogen and oxygen atoms in total. The largest absolute Gasteiger partial charge is 0.871 e. The Labute approximate surface area is 127 Å². The van der Waals surface area contributed by atoms with E-state index in [0.717, 1.165) is 0 Å². The monoisotopic (exact) mass is 353 g/mol. The third-order valence-corrected chi connectivity index (χ3v) is 3.25. The quantitative estimate of drug-likeness (QED) is 0.477. The zero-order chi connectivity index (χ0) is 14.7. The van der Waals surface area contributed by atoms with Crippen LogP contribution < -0.4 is 5.11 Å². The Balaban J connectivity index is 2.40. The molecule has 0 N–H and O–H groups in total. The van der Waals surface area contributed by atoms with E-state index in [0.29, 0.717) is 10.7 Å². The topological polar surface area (TPSA) is 78.6 Å². The highest BCUT2D eigenvalue weighted by molar-refractivity contribution is 9.10. The highest BCUT2D eigenvalue weighted by Crippen LogP contribution is 2.30. The van der Waals surface area contributed by atoms with Crippen molar-refractivity contribution >= 4 is 45.1 Å². The summed E-state index contributed by atoms with van der Waals surface area (Å²) in [5, 5.41) is 23.1. The fourth-order valence-corrected chi connectivity index (χ4v) is 2.15. The van der Waals surface area contributed by atoms with E-state index in [1.165, 1.54) is 18.3 Å². The minimum absolute atomic E-state index is 0.124. The standard InChI is InChI=1S/C13H8BrClN2O3/c14-12-6-11(17(19)20)4-8(13(12)18)7-16-10-3-1-2-9(15)5-10/h1-7,18H/p-1. The van der Waals surface area contributed by atoms with E-state index in [9.17, 15) is 15.2 Å². The molecule has 102 valence electrons. The lowest BCUT2D eigenvalue weighted by Crippen LogP contribution is -1.99. The van der Waals surface area contributed by atoms with Crippen LogP contribution in [0.5, 0.6) is 5.75 Å². The second-order valence-electron chi connectivity index (χ2n) is 3.84. The van der Waals surface area contributed by atoms with Gasteiger partial charge in [0.25, 0.3) is 5.69 Å². The van der Waals surface area contributed by atoms with Crippen molar-refractivity contribution < 1.29 is 10.0 Å². The second kappa shape index (κ2) is 6.02. The van der Waals surface area contributed by atoms with Gasteiger partial charge < -0.3 is 5.11 Å². The Hall–Kier alpha value is -1.92. The summed E-state index contributed by atoms with van der Waals surface area (Å²) in [5.41, 5.74) is 0.509. The van der Waals surface area contributed by atoms with E-state index < -0.39 is 4.92 Å². The van der Waals surface area contributed by atoms with E-state index in [2.05, 4.69) is 20.9 Å². The zero-order valence-electron chi connectivity index (χ0n) is 9.92. The molecule has 0 unspecified atom stereocenters. The van der Waals surface area contributed by atoms with Gasteiger partial charge in [-0.3, -0.25) is 15.1 Å². The van der Waals surface area contributed by atoms with Crippen molar-refractivity contribution in [3.63, 3.8) is 0 Å². The average Bonchev–Trinajstić information content (AvgIpc) is 2.40. The van der Waals surface area contributed by atoms with Crippen LogP contribution in [-0.2, 0) is 0 Å². The number of nitro benzene ring substituents is 1. The summed E-state index contributed by atoms with van der Waals surface area (Å²) < 4.78 is 0.124. The maximum atomic E-state index is 11.8. The highest BCUT2D eigenvalue weighted by atomic mass is 79.9. The fourth-order valence-electron chi connectivity index (χ4n) is 1.50. The molecule has 0 heterocycles. The minimum Gasteiger partial charge on any atom is -0.871 e. The van der Waals surface area contributed by atoms with Crippen LogP contribution in [0.2, 0.25) is 5.02 Å². The molecule has 0 radical (unpaired) electrons. The number of aliphatic imine (C=N–C) groups is 1. The summed E-state index contributed by atoms with van der Waals surface area (Å²) in [6.45, 7) is 0. The molecule has 0 bridgehead atoms. The van der Waals surface area contributed by atoms with E-state index in [4.69, 9.17) is 11.6 Å². The summed E-state index contributed by atoms with van der Waals surface area (Å²) in [6.07, 6.45) is 1.28. The first kappa shape index (κ1) is 14.5. The van der Waals surface area contributed by atoms with Gasteiger partial charge in [-0.2, -0.15) is 0 Å². The molecule has 2 rings (SSSR count). The van der Waals surface area contributed by atoms with Crippen LogP contribution >= 0.6 is 27.5 Å². The molecule has 0 aliphatic carbocycles. The van der Waals surface area contributed by atoms with Crippen molar-refractivity contribution in [1.29, 1.82) is 0 Å². The van der Waals surface area contributed by atoms with Gasteiger partial charge in [0.2, 0.25) is 0 Å². The van der Waals surface area contributed by atoms with Gasteiger partial charge in [0, 0.05) is 27.8 Å². The van der Waals surface area contributed by atoms with Crippen molar-refractivity contribution in [2.75, 3.05) is 0 Å². The molecule has 2 aromatic rings. The van der Waals surface area contributed by atoms with Crippen LogP contribution in [0.15, 0.2) is 45.9 Å². The van der Waals surface area contributed by atoms with E-state index >= 15 is 0 Å². The SMILES string of the molecule is O=[N+]([O-])c1cc(Br)c([O-])c(C=Nc2cccc(Cl)c2)c1. The Morgan fingerprint density at radius 2 is 2.05 bits per heavy atom. The predicted octanol–water partition coefficient (Wildman–Crippen LogP) is 3.83. The van der Waals surface area contributed by atoms with Crippen molar-refractivity contribution in [3.05, 3.63) is 61.6 Å². The smallest absolute Gasteiger partial charge is 0.271 e. The van der Waals surface area contributed by atoms with Crippen LogP contribution in [0.3, 0.4) is 0 Å². The van der Waals surface area contributed by atoms with Crippen molar-refractivity contribution in [3.8, 4) is 5.75 Å². The molecular weight excluding hydrogens is 348 g/mol. The summed E-state index contributed by atoms with van der Waals surface area (Å²) in [4.78, 5) is 14.3. The van der Waals surface area contributed by atoms with Crippen LogP contribution in [-0.4, -0.2) is 11.1 Å². The molecule has 2 aromatic carbocycles. The fraction of sp³-hybridized carbons (Fsp3) is 0. The Morgan fingerprint density at radius 1 is 1.30 bits per heavy atom. The number of rotatable bonds is 3. The third-order valence-electron chi connectivity index (χ3n) is 2.43. The summed E-state index contributed by atoms with van der Waals surface area (Å²) in [6, 6.07) is 9.09. The molecule has 0 amide bonds. The first-order valence-electron chi connectivity index (χ1n) is 5.42. The Bertz CT molecular complexity index is 704. The number of benzene rings is 2. The second-order valence-corrected chi connectivity index (χ2v) is 5.13. The molecule has 0 fully saturated rings. The van der Waals surface area contributed by atoms with E-state index in [-0.39, 0.29) is 21.5 Å². The molecule has 0 atom stereocenters. The summed E-state index contributed by atoms with van der Waals surface area (Å²) in [5.74, 6) is -0.360. The van der Waals surface area contributed by atoms with Gasteiger partial charge in [0.15, 0.2) is 0 Å². The van der Waals surface area contributed by atoms with Gasteiger partial charge in [-0.15, -0.1) is 0 Å². The number of halogens is 2. The number of hydrogen-bond acceptors (Lipinski definition) is 4. The van der Waals surface area contributed by atoms with Crippen LogP contribution in [0, 0.1) is 10.1 Å². The van der Waals surface area contributed by atoms with Gasteiger partial charge in [-0.25, -0.2) is 0 Å². The number of hydrogen-bond donors (Lipinski definition) is 0. The highest BCUT2D eigenvalue weighted by Gasteiger charge is 2.09. The molecule has 0 spiro atoms. The van der Waals surface area contributed by atoms with Crippen molar-refractivity contribution in [2.24, 2.45) is 4.99 Å². The van der Waals surface area contributed by atoms with E-state index in [1.54, 1.807) is 24.3 Å². The lowest BCUT2D eigenvalue weighted by Gasteiger charge is -2.12. The lowest BCUT2D eigenvalue weighted by molar-refractivity contribution is -0.385. The summed E-state index contributed by atoms with van der Waals surface area (Å²) in [7, 11) is 0. The molecule has 20 heavy (non-hydrogen) atoms. The van der Waals surface area contributed by atoms with Gasteiger partial charge in [-0.05, 0) is 23.8 Å². The van der Waals surface area contributed by atoms with Crippen LogP contribution in [0.25, 0.3) is 0 Å². The summed E-state index contributed by atoms with van der Waals surface area (Å²) >= 11 is 8.82. The molecule has 0 saturated heterocycles. The van der Waals surface area contributed by atoms with Crippen molar-refractivity contribution in [1.82, 2.24) is 0 Å². The number of nitrogens with zero attached hydrogens (tertiary/aromatic N) is 2. The maximum absolute atomic E-state index is 11.8. The van der Waals surface area contributed by atoms with Gasteiger partial charge in [0.1, 0.15) is 0 Å². The lowest BCUT2D eigenvalue weighted by atomic mass is 10.2. The molecule has 0 aliphatic heterocycles. The average molecular weight is 355 g/mol.